The Balaban J connectivity index is 1.68. The van der Waals surface area contributed by atoms with Crippen molar-refractivity contribution in [2.75, 3.05) is 5.32 Å². The van der Waals surface area contributed by atoms with Gasteiger partial charge in [0.15, 0.2) is 0 Å². The van der Waals surface area contributed by atoms with Crippen molar-refractivity contribution in [3.05, 3.63) is 29.8 Å². The highest BCUT2D eigenvalue weighted by atomic mass is 16.6. The molecule has 5 nitrogen and oxygen atoms in total. The summed E-state index contributed by atoms with van der Waals surface area (Å²) in [7, 11) is 0. The Morgan fingerprint density at radius 1 is 1.00 bits per heavy atom. The minimum absolute atomic E-state index is 0.0989. The van der Waals surface area contributed by atoms with Crippen LogP contribution in [0.2, 0.25) is 0 Å². The summed E-state index contributed by atoms with van der Waals surface area (Å²) in [6, 6.07) is 7.93. The van der Waals surface area contributed by atoms with Gasteiger partial charge in [-0.3, -0.25) is 10.1 Å². The number of carbonyl (C=O) groups excluding carboxylic acids is 1. The van der Waals surface area contributed by atoms with Crippen LogP contribution in [0.3, 0.4) is 0 Å². The predicted octanol–water partition coefficient (Wildman–Crippen LogP) is 4.71. The first-order chi connectivity index (χ1) is 11.6. The van der Waals surface area contributed by atoms with E-state index in [0.29, 0.717) is 5.69 Å². The third-order valence-corrected chi connectivity index (χ3v) is 5.84. The van der Waals surface area contributed by atoms with Crippen LogP contribution in [0.15, 0.2) is 24.3 Å². The Morgan fingerprint density at radius 3 is 1.96 bits per heavy atom. The molecule has 1 amide bonds. The summed E-state index contributed by atoms with van der Waals surface area (Å²) in [4.78, 5) is 23.4. The van der Waals surface area contributed by atoms with Crippen molar-refractivity contribution in [1.29, 1.82) is 0 Å². The number of benzene rings is 1. The topological polar surface area (TPSA) is 75.6 Å². The smallest absolute Gasteiger partial charge is 0.412 e. The molecule has 5 heteroatoms. The van der Waals surface area contributed by atoms with Crippen LogP contribution in [0.5, 0.6) is 0 Å². The van der Waals surface area contributed by atoms with Crippen molar-refractivity contribution >= 4 is 17.7 Å². The van der Waals surface area contributed by atoms with E-state index >= 15 is 0 Å². The fourth-order valence-electron chi connectivity index (χ4n) is 4.27. The first-order valence-electron chi connectivity index (χ1n) is 8.98. The van der Waals surface area contributed by atoms with Crippen molar-refractivity contribution in [2.24, 2.45) is 5.41 Å². The van der Waals surface area contributed by atoms with Gasteiger partial charge in [-0.05, 0) is 82.4 Å². The maximum absolute atomic E-state index is 11.9. The van der Waals surface area contributed by atoms with E-state index in [-0.39, 0.29) is 5.41 Å². The van der Waals surface area contributed by atoms with Crippen molar-refractivity contribution in [2.45, 2.75) is 70.3 Å². The largest absolute Gasteiger partial charge is 0.481 e. The molecule has 3 fully saturated rings. The molecule has 4 rings (SSSR count). The standard InChI is InChI=1S/C20H27NO4/c1-18(2,3)25-17(24)21-15-6-4-14(5-7-15)19-8-11-20(12-9-19,13-10-19)16(22)23/h4-7H,8-13H2,1-3H3,(H,21,24)(H,22,23). The second-order valence-corrected chi connectivity index (χ2v) is 8.57. The SMILES string of the molecule is CC(C)(C)OC(=O)Nc1ccc(C23CCC(C(=O)O)(CC2)CC3)cc1. The third kappa shape index (κ3) is 3.51. The minimum atomic E-state index is -0.627. The van der Waals surface area contributed by atoms with Gasteiger partial charge in [0.1, 0.15) is 5.60 Å². The van der Waals surface area contributed by atoms with Gasteiger partial charge in [-0.1, -0.05) is 12.1 Å². The molecule has 0 spiro atoms. The van der Waals surface area contributed by atoms with Gasteiger partial charge >= 0.3 is 12.1 Å². The summed E-state index contributed by atoms with van der Waals surface area (Å²) in [5.41, 5.74) is 1.05. The zero-order valence-corrected chi connectivity index (χ0v) is 15.2. The van der Waals surface area contributed by atoms with Gasteiger partial charge in [0, 0.05) is 5.69 Å². The van der Waals surface area contributed by atoms with Gasteiger partial charge in [-0.25, -0.2) is 4.79 Å². The zero-order chi connectivity index (χ0) is 18.3. The molecule has 3 aliphatic carbocycles. The van der Waals surface area contributed by atoms with Crippen LogP contribution in [0.25, 0.3) is 0 Å². The Kier molecular flexibility index (Phi) is 4.30. The first kappa shape index (κ1) is 17.8. The second-order valence-electron chi connectivity index (χ2n) is 8.57. The van der Waals surface area contributed by atoms with Crippen LogP contribution in [-0.2, 0) is 14.9 Å². The number of hydrogen-bond acceptors (Lipinski definition) is 3. The Hall–Kier alpha value is -2.04. The monoisotopic (exact) mass is 345 g/mol. The number of nitrogens with one attached hydrogen (secondary N) is 1. The molecule has 1 aromatic rings. The van der Waals surface area contributed by atoms with Crippen LogP contribution < -0.4 is 5.32 Å². The zero-order valence-electron chi connectivity index (χ0n) is 15.2. The highest BCUT2D eigenvalue weighted by molar-refractivity contribution is 5.84. The third-order valence-electron chi connectivity index (χ3n) is 5.84. The summed E-state index contributed by atoms with van der Waals surface area (Å²) >= 11 is 0. The molecule has 3 saturated carbocycles. The van der Waals surface area contributed by atoms with Crippen LogP contribution in [0.4, 0.5) is 10.5 Å². The lowest BCUT2D eigenvalue weighted by Gasteiger charge is -2.51. The van der Waals surface area contributed by atoms with Crippen molar-refractivity contribution in [3.8, 4) is 0 Å². The molecule has 0 radical (unpaired) electrons. The van der Waals surface area contributed by atoms with E-state index in [4.69, 9.17) is 4.74 Å². The Bertz CT molecular complexity index is 647. The molecular weight excluding hydrogens is 318 g/mol. The van der Waals surface area contributed by atoms with Crippen LogP contribution >= 0.6 is 0 Å². The molecule has 0 heterocycles. The quantitative estimate of drug-likeness (QED) is 0.832. The lowest BCUT2D eigenvalue weighted by molar-refractivity contribution is -0.156. The Morgan fingerprint density at radius 2 is 1.52 bits per heavy atom. The van der Waals surface area contributed by atoms with E-state index in [2.05, 4.69) is 17.4 Å². The molecule has 3 aliphatic rings. The van der Waals surface area contributed by atoms with Crippen LogP contribution in [-0.4, -0.2) is 22.8 Å². The summed E-state index contributed by atoms with van der Waals surface area (Å²) in [6.07, 6.45) is 4.62. The molecule has 0 aliphatic heterocycles. The fraction of sp³-hybridized carbons (Fsp3) is 0.600. The van der Waals surface area contributed by atoms with Crippen molar-refractivity contribution < 1.29 is 19.4 Å². The number of rotatable bonds is 3. The van der Waals surface area contributed by atoms with E-state index in [1.54, 1.807) is 0 Å². The van der Waals surface area contributed by atoms with Gasteiger partial charge in [0.05, 0.1) is 5.41 Å². The van der Waals surface area contributed by atoms with Gasteiger partial charge in [0.25, 0.3) is 0 Å². The number of anilines is 1. The Labute approximate surface area is 148 Å². The van der Waals surface area contributed by atoms with E-state index in [9.17, 15) is 14.7 Å². The number of aliphatic carboxylic acids is 1. The van der Waals surface area contributed by atoms with E-state index in [1.165, 1.54) is 5.56 Å². The molecule has 1 aromatic carbocycles. The maximum atomic E-state index is 11.9. The lowest BCUT2D eigenvalue weighted by atomic mass is 9.52. The fourth-order valence-corrected chi connectivity index (χ4v) is 4.27. The average Bonchev–Trinajstić information content (AvgIpc) is 2.55. The second kappa shape index (κ2) is 6.04. The molecule has 0 atom stereocenters. The molecule has 136 valence electrons. The van der Waals surface area contributed by atoms with Crippen molar-refractivity contribution in [3.63, 3.8) is 0 Å². The van der Waals surface area contributed by atoms with E-state index in [1.807, 2.05) is 32.9 Å². The number of carboxylic acids is 1. The molecule has 2 N–H and O–H groups in total. The lowest BCUT2D eigenvalue weighted by Crippen LogP contribution is -2.47. The number of carbonyl (C=O) groups is 2. The first-order valence-corrected chi connectivity index (χ1v) is 8.98. The highest BCUT2D eigenvalue weighted by Gasteiger charge is 2.53. The maximum Gasteiger partial charge on any atom is 0.412 e. The van der Waals surface area contributed by atoms with Crippen LogP contribution in [0, 0.1) is 5.41 Å². The molecule has 0 saturated heterocycles. The van der Waals surface area contributed by atoms with E-state index in [0.717, 1.165) is 38.5 Å². The summed E-state index contributed by atoms with van der Waals surface area (Å²) in [5.74, 6) is -0.627. The molecule has 0 aromatic heterocycles. The van der Waals surface area contributed by atoms with Crippen molar-refractivity contribution in [1.82, 2.24) is 0 Å². The van der Waals surface area contributed by atoms with Gasteiger partial charge < -0.3 is 9.84 Å². The number of carboxylic acid groups (broad SMARTS) is 1. The summed E-state index contributed by atoms with van der Waals surface area (Å²) in [5, 5.41) is 12.3. The van der Waals surface area contributed by atoms with Crippen LogP contribution in [0.1, 0.15) is 64.9 Å². The number of hydrogen-bond donors (Lipinski definition) is 2. The normalized spacial score (nSPS) is 28.4. The summed E-state index contributed by atoms with van der Waals surface area (Å²) in [6.45, 7) is 5.49. The molecule has 2 bridgehead atoms. The predicted molar refractivity (Wildman–Crippen MR) is 95.7 cm³/mol. The average molecular weight is 345 g/mol. The molecular formula is C20H27NO4. The number of amides is 1. The van der Waals surface area contributed by atoms with E-state index < -0.39 is 23.1 Å². The summed E-state index contributed by atoms with van der Waals surface area (Å²) < 4.78 is 5.26. The number of fused-ring (bicyclic) bond motifs is 3. The molecule has 25 heavy (non-hydrogen) atoms. The molecule has 0 unspecified atom stereocenters. The van der Waals surface area contributed by atoms with Gasteiger partial charge in [-0.15, -0.1) is 0 Å². The minimum Gasteiger partial charge on any atom is -0.481 e. The van der Waals surface area contributed by atoms with Gasteiger partial charge in [-0.2, -0.15) is 0 Å². The van der Waals surface area contributed by atoms with Gasteiger partial charge in [0.2, 0.25) is 0 Å². The number of ether oxygens (including phenoxy) is 1. The highest BCUT2D eigenvalue weighted by Crippen LogP contribution is 2.57.